The average molecular weight is 215 g/mol. The second-order valence-electron chi connectivity index (χ2n) is 5.03. The predicted octanol–water partition coefficient (Wildman–Crippen LogP) is 1.77. The molecule has 1 heterocycles. The molecule has 1 aliphatic rings. The summed E-state index contributed by atoms with van der Waals surface area (Å²) in [5.74, 6) is 0.731. The number of nitrogens with zero attached hydrogens (tertiary/aromatic N) is 1. The molecule has 0 radical (unpaired) electrons. The summed E-state index contributed by atoms with van der Waals surface area (Å²) in [5, 5.41) is 0. The summed E-state index contributed by atoms with van der Waals surface area (Å²) in [6.45, 7) is 13.5. The number of hydrogen-bond acceptors (Lipinski definition) is 3. The van der Waals surface area contributed by atoms with E-state index in [1.165, 1.54) is 6.54 Å². The van der Waals surface area contributed by atoms with Gasteiger partial charge in [-0.25, -0.2) is 0 Å². The standard InChI is InChI=1S/C12H25NO2/c1-10(2)7-13-5-6-14-12(8-13)9-15-11(3)4/h10-12H,5-9H2,1-4H3/t12-/m1/s1. The molecule has 90 valence electrons. The molecule has 1 saturated heterocycles. The molecule has 3 heteroatoms. The Bertz CT molecular complexity index is 171. The number of ether oxygens (including phenoxy) is 2. The van der Waals surface area contributed by atoms with Crippen molar-refractivity contribution in [3.63, 3.8) is 0 Å². The van der Waals surface area contributed by atoms with E-state index in [1.54, 1.807) is 0 Å². The first-order chi connectivity index (χ1) is 7.08. The molecule has 1 atom stereocenters. The second-order valence-corrected chi connectivity index (χ2v) is 5.03. The molecule has 0 spiro atoms. The van der Waals surface area contributed by atoms with Crippen LogP contribution in [0.3, 0.4) is 0 Å². The maximum atomic E-state index is 5.67. The van der Waals surface area contributed by atoms with Crippen molar-refractivity contribution >= 4 is 0 Å². The van der Waals surface area contributed by atoms with Crippen LogP contribution in [0.4, 0.5) is 0 Å². The lowest BCUT2D eigenvalue weighted by atomic mass is 10.2. The molecule has 3 nitrogen and oxygen atoms in total. The normalized spacial score (nSPS) is 24.0. The SMILES string of the molecule is CC(C)CN1CCO[C@@H](COC(C)C)C1. The average Bonchev–Trinajstić information content (AvgIpc) is 2.14. The molecule has 0 bridgehead atoms. The Hall–Kier alpha value is -0.120. The third-order valence-electron chi connectivity index (χ3n) is 2.46. The van der Waals surface area contributed by atoms with Gasteiger partial charge in [-0.15, -0.1) is 0 Å². The van der Waals surface area contributed by atoms with E-state index in [2.05, 4.69) is 32.6 Å². The Morgan fingerprint density at radius 2 is 2.07 bits per heavy atom. The maximum absolute atomic E-state index is 5.67. The summed E-state index contributed by atoms with van der Waals surface area (Å²) < 4.78 is 11.3. The van der Waals surface area contributed by atoms with Crippen LogP contribution in [-0.4, -0.2) is 50.0 Å². The summed E-state index contributed by atoms with van der Waals surface area (Å²) in [4.78, 5) is 2.47. The molecule has 1 aliphatic heterocycles. The topological polar surface area (TPSA) is 21.7 Å². The largest absolute Gasteiger partial charge is 0.376 e. The summed E-state index contributed by atoms with van der Waals surface area (Å²) in [6.07, 6.45) is 0.564. The van der Waals surface area contributed by atoms with Crippen LogP contribution in [0, 0.1) is 5.92 Å². The Labute approximate surface area is 93.7 Å². The van der Waals surface area contributed by atoms with Gasteiger partial charge in [-0.2, -0.15) is 0 Å². The van der Waals surface area contributed by atoms with Gasteiger partial charge in [0, 0.05) is 19.6 Å². The minimum absolute atomic E-state index is 0.264. The van der Waals surface area contributed by atoms with Gasteiger partial charge in [0.25, 0.3) is 0 Å². The van der Waals surface area contributed by atoms with Crippen LogP contribution in [0.2, 0.25) is 0 Å². The molecular formula is C12H25NO2. The van der Waals surface area contributed by atoms with Gasteiger partial charge in [0.05, 0.1) is 25.4 Å². The first-order valence-corrected chi connectivity index (χ1v) is 6.03. The van der Waals surface area contributed by atoms with Crippen molar-refractivity contribution in [1.29, 1.82) is 0 Å². The van der Waals surface area contributed by atoms with Crippen LogP contribution in [0.25, 0.3) is 0 Å². The zero-order chi connectivity index (χ0) is 11.3. The van der Waals surface area contributed by atoms with Gasteiger partial charge in [0.1, 0.15) is 0 Å². The van der Waals surface area contributed by atoms with Gasteiger partial charge in [-0.05, 0) is 19.8 Å². The zero-order valence-corrected chi connectivity index (χ0v) is 10.5. The molecule has 15 heavy (non-hydrogen) atoms. The molecule has 1 rings (SSSR count). The Morgan fingerprint density at radius 3 is 2.67 bits per heavy atom. The van der Waals surface area contributed by atoms with Crippen molar-refractivity contribution in [2.45, 2.75) is 39.9 Å². The lowest BCUT2D eigenvalue weighted by Gasteiger charge is -2.34. The molecule has 0 amide bonds. The van der Waals surface area contributed by atoms with Crippen LogP contribution in [-0.2, 0) is 9.47 Å². The molecule has 0 saturated carbocycles. The van der Waals surface area contributed by atoms with Crippen molar-refractivity contribution in [3.8, 4) is 0 Å². The second kappa shape index (κ2) is 6.46. The van der Waals surface area contributed by atoms with Gasteiger partial charge in [0.2, 0.25) is 0 Å². The third-order valence-corrected chi connectivity index (χ3v) is 2.46. The van der Waals surface area contributed by atoms with Crippen molar-refractivity contribution < 1.29 is 9.47 Å². The minimum Gasteiger partial charge on any atom is -0.376 e. The van der Waals surface area contributed by atoms with E-state index in [1.807, 2.05) is 0 Å². The van der Waals surface area contributed by atoms with Crippen LogP contribution in [0.5, 0.6) is 0 Å². The highest BCUT2D eigenvalue weighted by atomic mass is 16.5. The van der Waals surface area contributed by atoms with E-state index in [-0.39, 0.29) is 6.10 Å². The molecule has 0 unspecified atom stereocenters. The van der Waals surface area contributed by atoms with Crippen molar-refractivity contribution in [1.82, 2.24) is 4.90 Å². The lowest BCUT2D eigenvalue weighted by Crippen LogP contribution is -2.45. The van der Waals surface area contributed by atoms with Gasteiger partial charge in [-0.3, -0.25) is 4.90 Å². The fourth-order valence-corrected chi connectivity index (χ4v) is 1.86. The lowest BCUT2D eigenvalue weighted by molar-refractivity contribution is -0.0813. The van der Waals surface area contributed by atoms with E-state index in [0.29, 0.717) is 6.10 Å². The van der Waals surface area contributed by atoms with Crippen LogP contribution >= 0.6 is 0 Å². The molecule has 1 fully saturated rings. The fraction of sp³-hybridized carbons (Fsp3) is 1.00. The smallest absolute Gasteiger partial charge is 0.0935 e. The first kappa shape index (κ1) is 12.9. The van der Waals surface area contributed by atoms with Gasteiger partial charge >= 0.3 is 0 Å². The summed E-state index contributed by atoms with van der Waals surface area (Å²) in [5.41, 5.74) is 0. The molecule has 0 aromatic rings. The highest BCUT2D eigenvalue weighted by Gasteiger charge is 2.21. The zero-order valence-electron chi connectivity index (χ0n) is 10.5. The quantitative estimate of drug-likeness (QED) is 0.697. The van der Waals surface area contributed by atoms with E-state index >= 15 is 0 Å². The maximum Gasteiger partial charge on any atom is 0.0935 e. The van der Waals surface area contributed by atoms with E-state index in [9.17, 15) is 0 Å². The number of hydrogen-bond donors (Lipinski definition) is 0. The summed E-state index contributed by atoms with van der Waals surface area (Å²) in [6, 6.07) is 0. The van der Waals surface area contributed by atoms with Gasteiger partial charge in [0.15, 0.2) is 0 Å². The van der Waals surface area contributed by atoms with Crippen molar-refractivity contribution in [2.24, 2.45) is 5.92 Å². The monoisotopic (exact) mass is 215 g/mol. The number of morpholine rings is 1. The third kappa shape index (κ3) is 5.50. The van der Waals surface area contributed by atoms with Crippen molar-refractivity contribution in [3.05, 3.63) is 0 Å². The predicted molar refractivity (Wildman–Crippen MR) is 62.1 cm³/mol. The Morgan fingerprint density at radius 1 is 1.33 bits per heavy atom. The highest BCUT2D eigenvalue weighted by Crippen LogP contribution is 2.08. The van der Waals surface area contributed by atoms with E-state index in [4.69, 9.17) is 9.47 Å². The summed E-state index contributed by atoms with van der Waals surface area (Å²) in [7, 11) is 0. The van der Waals surface area contributed by atoms with Crippen LogP contribution in [0.15, 0.2) is 0 Å². The molecule has 0 N–H and O–H groups in total. The van der Waals surface area contributed by atoms with Crippen LogP contribution in [0.1, 0.15) is 27.7 Å². The van der Waals surface area contributed by atoms with E-state index in [0.717, 1.165) is 32.2 Å². The van der Waals surface area contributed by atoms with Gasteiger partial charge in [-0.1, -0.05) is 13.8 Å². The summed E-state index contributed by atoms with van der Waals surface area (Å²) >= 11 is 0. The molecule has 0 aromatic carbocycles. The molecule has 0 aliphatic carbocycles. The molecule has 0 aromatic heterocycles. The fourth-order valence-electron chi connectivity index (χ4n) is 1.86. The first-order valence-electron chi connectivity index (χ1n) is 6.03. The highest BCUT2D eigenvalue weighted by molar-refractivity contribution is 4.72. The Balaban J connectivity index is 2.23. The Kier molecular flexibility index (Phi) is 5.58. The minimum atomic E-state index is 0.264. The number of rotatable bonds is 5. The van der Waals surface area contributed by atoms with E-state index < -0.39 is 0 Å². The van der Waals surface area contributed by atoms with Gasteiger partial charge < -0.3 is 9.47 Å². The van der Waals surface area contributed by atoms with Crippen LogP contribution < -0.4 is 0 Å². The molecular weight excluding hydrogens is 190 g/mol. The van der Waals surface area contributed by atoms with Crippen molar-refractivity contribution in [2.75, 3.05) is 32.8 Å².